The number of alkyl halides is 1. The van der Waals surface area contributed by atoms with Crippen LogP contribution in [-0.2, 0) is 0 Å². The summed E-state index contributed by atoms with van der Waals surface area (Å²) in [6.07, 6.45) is 3.19. The molecule has 98 valence electrons. The zero-order chi connectivity index (χ0) is 13.1. The molecule has 2 rings (SSSR count). The van der Waals surface area contributed by atoms with E-state index in [9.17, 15) is 9.18 Å². The Balaban J connectivity index is 1.97. The van der Waals surface area contributed by atoms with Gasteiger partial charge < -0.3 is 5.32 Å². The number of nitrogens with one attached hydrogen (secondary N) is 1. The summed E-state index contributed by atoms with van der Waals surface area (Å²) in [5.74, 6) is -0.269. The fraction of sp³-hybridized carbons (Fsp3) is 0.500. The fourth-order valence-corrected chi connectivity index (χ4v) is 2.75. The van der Waals surface area contributed by atoms with E-state index in [1.165, 1.54) is 12.1 Å². The van der Waals surface area contributed by atoms with Crippen LogP contribution in [0.5, 0.6) is 0 Å². The second-order valence-electron chi connectivity index (χ2n) is 4.88. The van der Waals surface area contributed by atoms with Crippen molar-refractivity contribution in [3.63, 3.8) is 0 Å². The lowest BCUT2D eigenvalue weighted by molar-refractivity contribution is 0.0946. The van der Waals surface area contributed by atoms with Crippen LogP contribution in [0.1, 0.15) is 35.2 Å². The van der Waals surface area contributed by atoms with E-state index < -0.39 is 0 Å². The minimum Gasteiger partial charge on any atom is -0.352 e. The van der Waals surface area contributed by atoms with Crippen molar-refractivity contribution in [3.8, 4) is 0 Å². The monoisotopic (exact) mass is 269 g/mol. The van der Waals surface area contributed by atoms with E-state index in [1.54, 1.807) is 13.0 Å². The quantitative estimate of drug-likeness (QED) is 0.839. The standard InChI is InChI=1S/C14H17ClFNO/c1-9-5-6-11(16)7-12(9)14(18)17-8-10-3-2-4-13(10)15/h5-7,10,13H,2-4,8H2,1H3,(H,17,18). The van der Waals surface area contributed by atoms with Gasteiger partial charge in [0.05, 0.1) is 0 Å². The average molecular weight is 270 g/mol. The molecule has 0 bridgehead atoms. The minimum absolute atomic E-state index is 0.152. The van der Waals surface area contributed by atoms with Gasteiger partial charge in [0, 0.05) is 17.5 Å². The SMILES string of the molecule is Cc1ccc(F)cc1C(=O)NCC1CCCC1Cl. The first-order valence-electron chi connectivity index (χ1n) is 6.26. The molecule has 0 radical (unpaired) electrons. The van der Waals surface area contributed by atoms with Crippen LogP contribution >= 0.6 is 11.6 Å². The molecule has 0 aliphatic heterocycles. The minimum atomic E-state index is -0.387. The van der Waals surface area contributed by atoms with Gasteiger partial charge in [0.2, 0.25) is 0 Å². The Kier molecular flexibility index (Phi) is 4.23. The first-order valence-corrected chi connectivity index (χ1v) is 6.70. The number of carbonyl (C=O) groups is 1. The Labute approximate surface area is 112 Å². The molecule has 0 spiro atoms. The lowest BCUT2D eigenvalue weighted by atomic mass is 10.1. The van der Waals surface area contributed by atoms with Crippen molar-refractivity contribution in [2.45, 2.75) is 31.6 Å². The summed E-state index contributed by atoms with van der Waals surface area (Å²) >= 11 is 6.15. The third kappa shape index (κ3) is 3.02. The number of hydrogen-bond acceptors (Lipinski definition) is 1. The molecule has 1 N–H and O–H groups in total. The van der Waals surface area contributed by atoms with Crippen LogP contribution in [0.25, 0.3) is 0 Å². The molecule has 1 fully saturated rings. The van der Waals surface area contributed by atoms with Gasteiger partial charge in [-0.05, 0) is 43.4 Å². The first kappa shape index (κ1) is 13.3. The number of rotatable bonds is 3. The summed E-state index contributed by atoms with van der Waals surface area (Å²) < 4.78 is 13.1. The number of halogens is 2. The number of benzene rings is 1. The van der Waals surface area contributed by atoms with Crippen LogP contribution in [0.3, 0.4) is 0 Å². The summed E-state index contributed by atoms with van der Waals surface area (Å²) in [5, 5.41) is 3.00. The Morgan fingerprint density at radius 3 is 2.94 bits per heavy atom. The second kappa shape index (κ2) is 5.70. The maximum Gasteiger partial charge on any atom is 0.251 e. The average Bonchev–Trinajstić information content (AvgIpc) is 2.75. The molecule has 1 aromatic rings. The molecule has 1 aromatic carbocycles. The van der Waals surface area contributed by atoms with E-state index in [2.05, 4.69) is 5.32 Å². The Morgan fingerprint density at radius 1 is 1.50 bits per heavy atom. The van der Waals surface area contributed by atoms with Crippen molar-refractivity contribution in [2.24, 2.45) is 5.92 Å². The van der Waals surface area contributed by atoms with Gasteiger partial charge in [-0.2, -0.15) is 0 Å². The highest BCUT2D eigenvalue weighted by molar-refractivity contribution is 6.21. The van der Waals surface area contributed by atoms with E-state index in [-0.39, 0.29) is 17.1 Å². The van der Waals surface area contributed by atoms with Gasteiger partial charge in [0.25, 0.3) is 5.91 Å². The highest BCUT2D eigenvalue weighted by atomic mass is 35.5. The van der Waals surface area contributed by atoms with Crippen LogP contribution in [0.2, 0.25) is 0 Å². The number of hydrogen-bond donors (Lipinski definition) is 1. The fourth-order valence-electron chi connectivity index (χ4n) is 2.38. The first-order chi connectivity index (χ1) is 8.58. The lowest BCUT2D eigenvalue weighted by Crippen LogP contribution is -2.31. The predicted octanol–water partition coefficient (Wildman–Crippen LogP) is 3.27. The van der Waals surface area contributed by atoms with E-state index >= 15 is 0 Å². The molecule has 0 saturated heterocycles. The van der Waals surface area contributed by atoms with Crippen molar-refractivity contribution in [1.82, 2.24) is 5.32 Å². The van der Waals surface area contributed by atoms with Crippen LogP contribution in [0, 0.1) is 18.7 Å². The van der Waals surface area contributed by atoms with E-state index in [4.69, 9.17) is 11.6 Å². The van der Waals surface area contributed by atoms with E-state index in [0.29, 0.717) is 18.0 Å². The van der Waals surface area contributed by atoms with Gasteiger partial charge in [0.15, 0.2) is 0 Å². The van der Waals surface area contributed by atoms with Crippen LogP contribution < -0.4 is 5.32 Å². The largest absolute Gasteiger partial charge is 0.352 e. The summed E-state index contributed by atoms with van der Waals surface area (Å²) in [4.78, 5) is 12.0. The number of amides is 1. The smallest absolute Gasteiger partial charge is 0.251 e. The molecule has 1 amide bonds. The molecule has 2 nitrogen and oxygen atoms in total. The Hall–Kier alpha value is -1.09. The summed E-state index contributed by atoms with van der Waals surface area (Å²) in [6, 6.07) is 4.25. The molecule has 1 aliphatic rings. The molecule has 2 atom stereocenters. The highest BCUT2D eigenvalue weighted by Crippen LogP contribution is 2.29. The maximum absolute atomic E-state index is 13.1. The van der Waals surface area contributed by atoms with Gasteiger partial charge in [0.1, 0.15) is 5.82 Å². The number of aryl methyl sites for hydroxylation is 1. The molecule has 2 unspecified atom stereocenters. The molecule has 0 aromatic heterocycles. The van der Waals surface area contributed by atoms with Gasteiger partial charge in [-0.15, -0.1) is 11.6 Å². The van der Waals surface area contributed by atoms with E-state index in [0.717, 1.165) is 24.8 Å². The van der Waals surface area contributed by atoms with Gasteiger partial charge in [-0.1, -0.05) is 12.5 Å². The molecule has 18 heavy (non-hydrogen) atoms. The van der Waals surface area contributed by atoms with E-state index in [1.807, 2.05) is 0 Å². The zero-order valence-corrected chi connectivity index (χ0v) is 11.1. The summed E-state index contributed by atoms with van der Waals surface area (Å²) in [6.45, 7) is 2.37. The summed E-state index contributed by atoms with van der Waals surface area (Å²) in [7, 11) is 0. The van der Waals surface area contributed by atoms with Crippen LogP contribution in [0.15, 0.2) is 18.2 Å². The lowest BCUT2D eigenvalue weighted by Gasteiger charge is -2.15. The molecule has 1 saturated carbocycles. The second-order valence-corrected chi connectivity index (χ2v) is 5.44. The topological polar surface area (TPSA) is 29.1 Å². The van der Waals surface area contributed by atoms with Crippen molar-refractivity contribution in [1.29, 1.82) is 0 Å². The van der Waals surface area contributed by atoms with Crippen LogP contribution in [0.4, 0.5) is 4.39 Å². The Bertz CT molecular complexity index is 449. The van der Waals surface area contributed by atoms with Crippen molar-refractivity contribution >= 4 is 17.5 Å². The molecule has 1 aliphatic carbocycles. The Morgan fingerprint density at radius 2 is 2.28 bits per heavy atom. The normalized spacial score (nSPS) is 23.1. The zero-order valence-electron chi connectivity index (χ0n) is 10.4. The maximum atomic E-state index is 13.1. The highest BCUT2D eigenvalue weighted by Gasteiger charge is 2.25. The van der Waals surface area contributed by atoms with Crippen molar-refractivity contribution in [3.05, 3.63) is 35.1 Å². The predicted molar refractivity (Wildman–Crippen MR) is 70.5 cm³/mol. The molecular formula is C14H17ClFNO. The van der Waals surface area contributed by atoms with Crippen molar-refractivity contribution < 1.29 is 9.18 Å². The molecule has 4 heteroatoms. The summed E-state index contributed by atoms with van der Waals surface area (Å²) in [5.41, 5.74) is 1.18. The van der Waals surface area contributed by atoms with Crippen molar-refractivity contribution in [2.75, 3.05) is 6.54 Å². The third-order valence-corrected chi connectivity index (χ3v) is 4.11. The van der Waals surface area contributed by atoms with Gasteiger partial charge in [-0.3, -0.25) is 4.79 Å². The van der Waals surface area contributed by atoms with Gasteiger partial charge >= 0.3 is 0 Å². The van der Waals surface area contributed by atoms with Gasteiger partial charge in [-0.25, -0.2) is 4.39 Å². The molecular weight excluding hydrogens is 253 g/mol. The number of carbonyl (C=O) groups excluding carboxylic acids is 1. The third-order valence-electron chi connectivity index (χ3n) is 3.54. The van der Waals surface area contributed by atoms with Crippen LogP contribution in [-0.4, -0.2) is 17.8 Å². The molecule has 0 heterocycles.